The van der Waals surface area contributed by atoms with Gasteiger partial charge >= 0.3 is 5.97 Å². The van der Waals surface area contributed by atoms with Gasteiger partial charge in [-0.2, -0.15) is 0 Å². The Balaban J connectivity index is 1.92. The van der Waals surface area contributed by atoms with Gasteiger partial charge in [0.2, 0.25) is 0 Å². The van der Waals surface area contributed by atoms with E-state index in [0.717, 1.165) is 5.56 Å². The Kier molecular flexibility index (Phi) is 6.76. The lowest BCUT2D eigenvalue weighted by Crippen LogP contribution is -2.29. The summed E-state index contributed by atoms with van der Waals surface area (Å²) in [5.74, 6) is -1.28. The van der Waals surface area contributed by atoms with Crippen molar-refractivity contribution in [1.82, 2.24) is 5.32 Å². The summed E-state index contributed by atoms with van der Waals surface area (Å²) in [6, 6.07) is 13.7. The van der Waals surface area contributed by atoms with Gasteiger partial charge in [0.25, 0.3) is 11.8 Å². The number of hydrogen-bond acceptors (Lipinski definition) is 4. The Labute approximate surface area is 163 Å². The normalized spacial score (nSPS) is 10.8. The molecule has 0 bridgehead atoms. The molecule has 2 aromatic carbocycles. The van der Waals surface area contributed by atoms with Crippen molar-refractivity contribution < 1.29 is 24.2 Å². The van der Waals surface area contributed by atoms with Crippen molar-refractivity contribution in [2.75, 3.05) is 18.5 Å². The Morgan fingerprint density at radius 1 is 1.00 bits per heavy atom. The van der Waals surface area contributed by atoms with Crippen molar-refractivity contribution in [3.8, 4) is 5.75 Å². The molecule has 0 atom stereocenters. The minimum absolute atomic E-state index is 0.107. The lowest BCUT2D eigenvalue weighted by molar-refractivity contribution is -0.135. The second-order valence-corrected chi connectivity index (χ2v) is 7.24. The van der Waals surface area contributed by atoms with E-state index in [2.05, 4.69) is 31.4 Å². The summed E-state index contributed by atoms with van der Waals surface area (Å²) < 4.78 is 5.68. The molecule has 0 aliphatic carbocycles. The van der Waals surface area contributed by atoms with Gasteiger partial charge in [-0.25, -0.2) is 0 Å². The zero-order valence-corrected chi connectivity index (χ0v) is 16.1. The average molecular weight is 384 g/mol. The molecule has 0 saturated heterocycles. The van der Waals surface area contributed by atoms with Crippen molar-refractivity contribution in [3.63, 3.8) is 0 Å². The fraction of sp³-hybridized carbons (Fsp3) is 0.286. The lowest BCUT2D eigenvalue weighted by atomic mass is 9.86. The van der Waals surface area contributed by atoms with Crippen molar-refractivity contribution in [2.24, 2.45) is 0 Å². The van der Waals surface area contributed by atoms with Gasteiger partial charge in [0.05, 0.1) is 0 Å². The summed E-state index contributed by atoms with van der Waals surface area (Å²) in [6.45, 7) is 5.62. The van der Waals surface area contributed by atoms with Gasteiger partial charge in [0.1, 0.15) is 12.3 Å². The number of carboxylic acid groups (broad SMARTS) is 1. The molecule has 0 aliphatic heterocycles. The molecule has 2 amide bonds. The van der Waals surface area contributed by atoms with Crippen molar-refractivity contribution >= 4 is 23.5 Å². The van der Waals surface area contributed by atoms with E-state index in [0.29, 0.717) is 17.0 Å². The quantitative estimate of drug-likeness (QED) is 0.681. The number of hydrogen-bond donors (Lipinski definition) is 3. The first-order valence-electron chi connectivity index (χ1n) is 8.79. The first kappa shape index (κ1) is 21.0. The molecular formula is C21H24N2O5. The summed E-state index contributed by atoms with van der Waals surface area (Å²) in [5, 5.41) is 13.5. The molecule has 0 spiro atoms. The Morgan fingerprint density at radius 3 is 2.25 bits per heavy atom. The topological polar surface area (TPSA) is 105 Å². The highest BCUT2D eigenvalue weighted by molar-refractivity contribution is 5.97. The van der Waals surface area contributed by atoms with Crippen molar-refractivity contribution in [3.05, 3.63) is 59.7 Å². The number of aliphatic carboxylic acids is 1. The summed E-state index contributed by atoms with van der Waals surface area (Å²) in [4.78, 5) is 34.4. The van der Waals surface area contributed by atoms with E-state index in [-0.39, 0.29) is 17.9 Å². The smallest absolute Gasteiger partial charge is 0.322 e. The van der Waals surface area contributed by atoms with Crippen LogP contribution in [0.1, 0.15) is 36.7 Å². The van der Waals surface area contributed by atoms with E-state index in [1.54, 1.807) is 12.1 Å². The molecule has 0 fully saturated rings. The second-order valence-electron chi connectivity index (χ2n) is 7.24. The Bertz CT molecular complexity index is 854. The third-order valence-electron chi connectivity index (χ3n) is 3.88. The SMILES string of the molecule is CC(C)(C)c1ccccc1OCC(=O)Nc1ccc(C(=O)NCC(=O)O)cc1. The van der Waals surface area contributed by atoms with Gasteiger partial charge in [0, 0.05) is 11.3 Å². The molecule has 0 aromatic heterocycles. The van der Waals surface area contributed by atoms with Crippen LogP contribution >= 0.6 is 0 Å². The fourth-order valence-corrected chi connectivity index (χ4v) is 2.52. The number of carbonyl (C=O) groups is 3. The molecule has 0 saturated carbocycles. The number of rotatable bonds is 7. The zero-order valence-electron chi connectivity index (χ0n) is 16.1. The van der Waals surface area contributed by atoms with Crippen LogP contribution in [0.15, 0.2) is 48.5 Å². The van der Waals surface area contributed by atoms with Crippen LogP contribution < -0.4 is 15.4 Å². The predicted octanol–water partition coefficient (Wildman–Crippen LogP) is 2.82. The maximum atomic E-state index is 12.2. The summed E-state index contributed by atoms with van der Waals surface area (Å²) >= 11 is 0. The number of carboxylic acids is 1. The second kappa shape index (κ2) is 9.03. The molecule has 28 heavy (non-hydrogen) atoms. The maximum absolute atomic E-state index is 12.2. The van der Waals surface area contributed by atoms with Gasteiger partial charge in [0.15, 0.2) is 6.61 Å². The highest BCUT2D eigenvalue weighted by Crippen LogP contribution is 2.30. The van der Waals surface area contributed by atoms with Gasteiger partial charge < -0.3 is 20.5 Å². The molecular weight excluding hydrogens is 360 g/mol. The summed E-state index contributed by atoms with van der Waals surface area (Å²) in [7, 11) is 0. The molecule has 0 aliphatic rings. The van der Waals surface area contributed by atoms with Crippen LogP contribution in [0, 0.1) is 0 Å². The van der Waals surface area contributed by atoms with E-state index in [9.17, 15) is 14.4 Å². The zero-order chi connectivity index (χ0) is 20.7. The maximum Gasteiger partial charge on any atom is 0.322 e. The molecule has 7 nitrogen and oxygen atoms in total. The Morgan fingerprint density at radius 2 is 1.64 bits per heavy atom. The van der Waals surface area contributed by atoms with E-state index < -0.39 is 18.4 Å². The largest absolute Gasteiger partial charge is 0.483 e. The number of benzene rings is 2. The van der Waals surface area contributed by atoms with E-state index in [1.165, 1.54) is 12.1 Å². The number of carbonyl (C=O) groups excluding carboxylic acids is 2. The molecule has 2 aromatic rings. The van der Waals surface area contributed by atoms with Crippen LogP contribution in [0.2, 0.25) is 0 Å². The van der Waals surface area contributed by atoms with Crippen LogP contribution in [0.25, 0.3) is 0 Å². The number of nitrogens with one attached hydrogen (secondary N) is 2. The third-order valence-corrected chi connectivity index (χ3v) is 3.88. The molecule has 3 N–H and O–H groups in total. The summed E-state index contributed by atoms with van der Waals surface area (Å²) in [6.07, 6.45) is 0. The molecule has 7 heteroatoms. The van der Waals surface area contributed by atoms with E-state index in [4.69, 9.17) is 9.84 Å². The Hall–Kier alpha value is -3.35. The number of ether oxygens (including phenoxy) is 1. The van der Waals surface area contributed by atoms with E-state index >= 15 is 0 Å². The molecule has 0 radical (unpaired) electrons. The fourth-order valence-electron chi connectivity index (χ4n) is 2.52. The molecule has 2 rings (SSSR count). The molecule has 0 heterocycles. The molecule has 0 unspecified atom stereocenters. The highest BCUT2D eigenvalue weighted by atomic mass is 16.5. The first-order chi connectivity index (χ1) is 13.2. The monoisotopic (exact) mass is 384 g/mol. The number of anilines is 1. The summed E-state index contributed by atoms with van der Waals surface area (Å²) in [5.41, 5.74) is 1.71. The first-order valence-corrected chi connectivity index (χ1v) is 8.79. The van der Waals surface area contributed by atoms with Crippen LogP contribution in [-0.4, -0.2) is 36.0 Å². The van der Waals surface area contributed by atoms with Gasteiger partial charge in [-0.05, 0) is 41.3 Å². The highest BCUT2D eigenvalue weighted by Gasteiger charge is 2.19. The van der Waals surface area contributed by atoms with Crippen LogP contribution in [0.3, 0.4) is 0 Å². The van der Waals surface area contributed by atoms with Gasteiger partial charge in [-0.1, -0.05) is 39.0 Å². The van der Waals surface area contributed by atoms with Crippen LogP contribution in [-0.2, 0) is 15.0 Å². The van der Waals surface area contributed by atoms with Crippen LogP contribution in [0.4, 0.5) is 5.69 Å². The number of amides is 2. The number of para-hydroxylation sites is 1. The van der Waals surface area contributed by atoms with Gasteiger partial charge in [-0.15, -0.1) is 0 Å². The minimum Gasteiger partial charge on any atom is -0.483 e. The lowest BCUT2D eigenvalue weighted by Gasteiger charge is -2.22. The standard InChI is InChI=1S/C21H24N2O5/c1-21(2,3)16-6-4-5-7-17(16)28-13-18(24)23-15-10-8-14(9-11-15)20(27)22-12-19(25)26/h4-11H,12-13H2,1-3H3,(H,22,27)(H,23,24)(H,25,26). The third kappa shape index (κ3) is 6.12. The predicted molar refractivity (Wildman–Crippen MR) is 106 cm³/mol. The van der Waals surface area contributed by atoms with Crippen LogP contribution in [0.5, 0.6) is 5.75 Å². The van der Waals surface area contributed by atoms with Gasteiger partial charge in [-0.3, -0.25) is 14.4 Å². The molecule has 148 valence electrons. The van der Waals surface area contributed by atoms with Crippen molar-refractivity contribution in [1.29, 1.82) is 0 Å². The average Bonchev–Trinajstić information content (AvgIpc) is 2.64. The van der Waals surface area contributed by atoms with E-state index in [1.807, 2.05) is 24.3 Å². The minimum atomic E-state index is -1.12. The van der Waals surface area contributed by atoms with Crippen molar-refractivity contribution in [2.45, 2.75) is 26.2 Å².